The number of imidazole rings is 1. The molecule has 1 fully saturated rings. The number of benzene rings is 3. The van der Waals surface area contributed by atoms with Gasteiger partial charge in [0.1, 0.15) is 11.6 Å². The number of halogens is 1. The van der Waals surface area contributed by atoms with E-state index in [0.717, 1.165) is 42.1 Å². The molecule has 0 saturated heterocycles. The Morgan fingerprint density at radius 1 is 1.13 bits per heavy atom. The summed E-state index contributed by atoms with van der Waals surface area (Å²) >= 11 is 1.46. The minimum Gasteiger partial charge on any atom is -0.337 e. The van der Waals surface area contributed by atoms with Gasteiger partial charge in [0.05, 0.1) is 6.54 Å². The number of fused-ring (bicyclic) bond motifs is 1. The summed E-state index contributed by atoms with van der Waals surface area (Å²) < 4.78 is 19.2. The lowest BCUT2D eigenvalue weighted by molar-refractivity contribution is -0.120. The SMILES string of the molecule is Cn1ccnc1CN(C(=O)[C@H]1C[C@@H]1c1ccccc1)c1ccc2c(c1)C(NSc1cccc(F)c1)CCC2. The predicted octanol–water partition coefficient (Wildman–Crippen LogP) is 6.57. The van der Waals surface area contributed by atoms with Crippen molar-refractivity contribution in [3.63, 3.8) is 0 Å². The van der Waals surface area contributed by atoms with Crippen LogP contribution in [0.25, 0.3) is 0 Å². The summed E-state index contributed by atoms with van der Waals surface area (Å²) in [5.41, 5.74) is 4.65. The van der Waals surface area contributed by atoms with Gasteiger partial charge in [-0.05, 0) is 90.6 Å². The first-order chi connectivity index (χ1) is 18.6. The molecule has 38 heavy (non-hydrogen) atoms. The van der Waals surface area contributed by atoms with Crippen molar-refractivity contribution in [2.75, 3.05) is 4.90 Å². The van der Waals surface area contributed by atoms with E-state index >= 15 is 0 Å². The first-order valence-corrected chi connectivity index (χ1v) is 14.0. The van der Waals surface area contributed by atoms with Gasteiger partial charge in [0.2, 0.25) is 5.91 Å². The highest BCUT2D eigenvalue weighted by Crippen LogP contribution is 2.49. The van der Waals surface area contributed by atoms with Crippen LogP contribution in [0.3, 0.4) is 0 Å². The number of nitrogens with one attached hydrogen (secondary N) is 1. The highest BCUT2D eigenvalue weighted by Gasteiger charge is 2.46. The molecule has 4 aromatic rings. The zero-order valence-corrected chi connectivity index (χ0v) is 22.2. The first-order valence-electron chi connectivity index (χ1n) is 13.2. The van der Waals surface area contributed by atoms with Crippen molar-refractivity contribution in [1.29, 1.82) is 0 Å². The number of rotatable bonds is 8. The predicted molar refractivity (Wildman–Crippen MR) is 149 cm³/mol. The Morgan fingerprint density at radius 2 is 2.00 bits per heavy atom. The maximum atomic E-state index is 14.0. The molecule has 2 aliphatic rings. The van der Waals surface area contributed by atoms with Crippen LogP contribution in [0.15, 0.2) is 90.1 Å². The second kappa shape index (κ2) is 10.8. The number of aromatic nitrogens is 2. The van der Waals surface area contributed by atoms with Crippen molar-refractivity contribution in [2.45, 2.75) is 49.1 Å². The first kappa shape index (κ1) is 24.9. The summed E-state index contributed by atoms with van der Waals surface area (Å²) in [6.07, 6.45) is 7.66. The van der Waals surface area contributed by atoms with Gasteiger partial charge >= 0.3 is 0 Å². The van der Waals surface area contributed by atoms with Crippen molar-refractivity contribution in [2.24, 2.45) is 13.0 Å². The molecule has 1 amide bonds. The third kappa shape index (κ3) is 5.26. The maximum Gasteiger partial charge on any atom is 0.231 e. The quantitative estimate of drug-likeness (QED) is 0.264. The van der Waals surface area contributed by atoms with Crippen LogP contribution in [0, 0.1) is 11.7 Å². The fourth-order valence-corrected chi connectivity index (χ4v) is 6.31. The number of hydrogen-bond donors (Lipinski definition) is 1. The molecule has 3 aromatic carbocycles. The molecule has 6 rings (SSSR count). The molecule has 5 nitrogen and oxygen atoms in total. The fraction of sp³-hybridized carbons (Fsp3) is 0.290. The van der Waals surface area contributed by atoms with Gasteiger partial charge in [0.25, 0.3) is 0 Å². The molecule has 2 aliphatic carbocycles. The maximum absolute atomic E-state index is 14.0. The van der Waals surface area contributed by atoms with Gasteiger partial charge in [0.15, 0.2) is 0 Å². The van der Waals surface area contributed by atoms with Gasteiger partial charge in [-0.25, -0.2) is 9.37 Å². The minimum atomic E-state index is -0.236. The van der Waals surface area contributed by atoms with E-state index in [1.54, 1.807) is 18.3 Å². The molecule has 0 radical (unpaired) electrons. The molecule has 7 heteroatoms. The number of hydrogen-bond acceptors (Lipinski definition) is 4. The molecule has 0 aliphatic heterocycles. The molecule has 1 N–H and O–H groups in total. The second-order valence-electron chi connectivity index (χ2n) is 10.2. The van der Waals surface area contributed by atoms with Crippen molar-refractivity contribution in [1.82, 2.24) is 14.3 Å². The van der Waals surface area contributed by atoms with Crippen LogP contribution in [0.2, 0.25) is 0 Å². The van der Waals surface area contributed by atoms with E-state index in [2.05, 4.69) is 40.0 Å². The number of nitrogens with zero attached hydrogens (tertiary/aromatic N) is 3. The molecule has 1 saturated carbocycles. The zero-order valence-electron chi connectivity index (χ0n) is 21.4. The van der Waals surface area contributed by atoms with E-state index in [4.69, 9.17) is 0 Å². The van der Waals surface area contributed by atoms with Gasteiger partial charge < -0.3 is 9.47 Å². The third-order valence-electron chi connectivity index (χ3n) is 7.69. The lowest BCUT2D eigenvalue weighted by Crippen LogP contribution is -2.33. The molecule has 1 aromatic heterocycles. The van der Waals surface area contributed by atoms with Crippen LogP contribution in [0.4, 0.5) is 10.1 Å². The highest BCUT2D eigenvalue weighted by atomic mass is 32.2. The average molecular weight is 527 g/mol. The van der Waals surface area contributed by atoms with Crippen LogP contribution in [-0.2, 0) is 24.8 Å². The summed E-state index contributed by atoms with van der Waals surface area (Å²) in [6, 6.07) is 23.5. The topological polar surface area (TPSA) is 50.2 Å². The standard InChI is InChI=1S/C31H31FN4OS/c1-35-16-15-33-30(35)20-36(31(37)28-19-26(28)21-7-3-2-4-8-21)24-14-13-22-9-5-12-29(27(22)18-24)34-38-25-11-6-10-23(32)17-25/h2-4,6-8,10-11,13-18,26,28-29,34H,5,9,12,19-20H2,1H3/t26-,28+,29?/m1/s1. The summed E-state index contributed by atoms with van der Waals surface area (Å²) in [4.78, 5) is 21.2. The summed E-state index contributed by atoms with van der Waals surface area (Å²) in [5, 5.41) is 0. The lowest BCUT2D eigenvalue weighted by atomic mass is 9.87. The molecule has 1 unspecified atom stereocenters. The van der Waals surface area contributed by atoms with Crippen LogP contribution in [0.1, 0.15) is 53.7 Å². The Bertz CT molecular complexity index is 1440. The second-order valence-corrected chi connectivity index (χ2v) is 11.2. The van der Waals surface area contributed by atoms with Crippen molar-refractivity contribution in [3.05, 3.63) is 114 Å². The van der Waals surface area contributed by atoms with Crippen molar-refractivity contribution < 1.29 is 9.18 Å². The van der Waals surface area contributed by atoms with E-state index in [9.17, 15) is 9.18 Å². The number of carbonyl (C=O) groups excluding carboxylic acids is 1. The third-order valence-corrected chi connectivity index (χ3v) is 8.58. The average Bonchev–Trinajstić information content (AvgIpc) is 3.65. The normalized spacial score (nSPS) is 20.1. The number of anilines is 1. The monoisotopic (exact) mass is 526 g/mol. The molecule has 0 spiro atoms. The summed E-state index contributed by atoms with van der Waals surface area (Å²) in [7, 11) is 1.96. The van der Waals surface area contributed by atoms with E-state index in [-0.39, 0.29) is 29.6 Å². The zero-order chi connectivity index (χ0) is 26.1. The van der Waals surface area contributed by atoms with E-state index in [1.807, 2.05) is 47.0 Å². The van der Waals surface area contributed by atoms with Gasteiger partial charge in [-0.2, -0.15) is 0 Å². The highest BCUT2D eigenvalue weighted by molar-refractivity contribution is 7.97. The molecular weight excluding hydrogens is 495 g/mol. The van der Waals surface area contributed by atoms with Crippen molar-refractivity contribution in [3.8, 4) is 0 Å². The number of aryl methyl sites for hydroxylation is 2. The number of carbonyl (C=O) groups is 1. The van der Waals surface area contributed by atoms with Crippen LogP contribution in [0.5, 0.6) is 0 Å². The fourth-order valence-electron chi connectivity index (χ4n) is 5.47. The summed E-state index contributed by atoms with van der Waals surface area (Å²) in [5.74, 6) is 1.01. The summed E-state index contributed by atoms with van der Waals surface area (Å²) in [6.45, 7) is 0.426. The van der Waals surface area contributed by atoms with Crippen LogP contribution < -0.4 is 9.62 Å². The van der Waals surface area contributed by atoms with Crippen LogP contribution in [-0.4, -0.2) is 15.5 Å². The molecule has 194 valence electrons. The Labute approximate surface area is 227 Å². The Morgan fingerprint density at radius 3 is 2.79 bits per heavy atom. The Balaban J connectivity index is 1.27. The van der Waals surface area contributed by atoms with E-state index in [0.29, 0.717) is 6.54 Å². The molecular formula is C31H31FN4OS. The van der Waals surface area contributed by atoms with Gasteiger partial charge in [-0.3, -0.25) is 9.52 Å². The van der Waals surface area contributed by atoms with E-state index < -0.39 is 0 Å². The smallest absolute Gasteiger partial charge is 0.231 e. The molecule has 3 atom stereocenters. The van der Waals surface area contributed by atoms with E-state index in [1.165, 1.54) is 34.7 Å². The van der Waals surface area contributed by atoms with Gasteiger partial charge in [-0.1, -0.05) is 42.5 Å². The molecule has 1 heterocycles. The Hall–Kier alpha value is -3.42. The Kier molecular flexibility index (Phi) is 7.04. The number of amides is 1. The minimum absolute atomic E-state index is 0.0221. The van der Waals surface area contributed by atoms with Gasteiger partial charge in [0, 0.05) is 42.0 Å². The largest absolute Gasteiger partial charge is 0.337 e. The van der Waals surface area contributed by atoms with Gasteiger partial charge in [-0.15, -0.1) is 0 Å². The van der Waals surface area contributed by atoms with Crippen molar-refractivity contribution >= 4 is 23.5 Å². The molecule has 0 bridgehead atoms. The van der Waals surface area contributed by atoms with Crippen LogP contribution >= 0.6 is 11.9 Å². The lowest BCUT2D eigenvalue weighted by Gasteiger charge is -2.29.